The summed E-state index contributed by atoms with van der Waals surface area (Å²) in [6.45, 7) is -0.361. The third kappa shape index (κ3) is 6.06. The van der Waals surface area contributed by atoms with Crippen molar-refractivity contribution in [3.8, 4) is 11.1 Å². The van der Waals surface area contributed by atoms with Gasteiger partial charge in [-0.25, -0.2) is 8.78 Å². The van der Waals surface area contributed by atoms with Crippen LogP contribution in [0, 0.1) is 11.6 Å². The van der Waals surface area contributed by atoms with Crippen molar-refractivity contribution >= 4 is 17.4 Å². The number of hydrogen-bond acceptors (Lipinski definition) is 4. The number of hydrogen-bond donors (Lipinski definition) is 0. The molecule has 5 nitrogen and oxygen atoms in total. The van der Waals surface area contributed by atoms with Gasteiger partial charge in [0.1, 0.15) is 17.9 Å². The molecule has 2 heterocycles. The number of fused-ring (bicyclic) bond motifs is 1. The molecule has 4 aromatic rings. The van der Waals surface area contributed by atoms with Gasteiger partial charge in [0.15, 0.2) is 11.5 Å². The Hall–Kier alpha value is -3.53. The number of benzene rings is 2. The first kappa shape index (κ1) is 27.1. The van der Waals surface area contributed by atoms with Gasteiger partial charge < -0.3 is 4.52 Å². The number of nitrogens with zero attached hydrogens (tertiary/aromatic N) is 3. The third-order valence-corrected chi connectivity index (χ3v) is 7.12. The Balaban J connectivity index is 1.46. The Morgan fingerprint density at radius 2 is 1.74 bits per heavy atom. The summed E-state index contributed by atoms with van der Waals surface area (Å²) in [5.41, 5.74) is 1.58. The molecule has 2 aromatic heterocycles. The number of aromatic nitrogens is 3. The van der Waals surface area contributed by atoms with Crippen molar-refractivity contribution < 1.29 is 31.3 Å². The van der Waals surface area contributed by atoms with Gasteiger partial charge >= 0.3 is 6.18 Å². The molecule has 1 aliphatic rings. The van der Waals surface area contributed by atoms with E-state index in [1.165, 1.54) is 18.4 Å². The predicted octanol–water partition coefficient (Wildman–Crippen LogP) is 7.35. The summed E-state index contributed by atoms with van der Waals surface area (Å²) in [6, 6.07) is 9.92. The average Bonchev–Trinajstić information content (AvgIpc) is 3.49. The minimum absolute atomic E-state index is 0.0402. The number of ketones is 1. The quantitative estimate of drug-likeness (QED) is 0.210. The molecule has 0 fully saturated rings. The van der Waals surface area contributed by atoms with Crippen molar-refractivity contribution in [1.82, 2.24) is 14.9 Å². The van der Waals surface area contributed by atoms with Crippen molar-refractivity contribution in [3.05, 3.63) is 93.6 Å². The summed E-state index contributed by atoms with van der Waals surface area (Å²) in [7, 11) is 0. The van der Waals surface area contributed by atoms with Gasteiger partial charge in [-0.15, -0.1) is 0 Å². The Bertz CT molecular complexity index is 1470. The molecular formula is C28H23ClF5N3O2. The van der Waals surface area contributed by atoms with Crippen molar-refractivity contribution in [1.29, 1.82) is 0 Å². The molecule has 0 aliphatic heterocycles. The van der Waals surface area contributed by atoms with Crippen LogP contribution < -0.4 is 0 Å². The van der Waals surface area contributed by atoms with Crippen LogP contribution >= 0.6 is 11.6 Å². The molecule has 39 heavy (non-hydrogen) atoms. The van der Waals surface area contributed by atoms with E-state index in [1.54, 1.807) is 24.3 Å². The summed E-state index contributed by atoms with van der Waals surface area (Å²) in [5, 5.41) is 8.40. The highest BCUT2D eigenvalue weighted by atomic mass is 35.5. The maximum Gasteiger partial charge on any atom is 0.435 e. The summed E-state index contributed by atoms with van der Waals surface area (Å²) in [4.78, 5) is 13.3. The van der Waals surface area contributed by atoms with Crippen molar-refractivity contribution in [2.24, 2.45) is 0 Å². The molecule has 0 amide bonds. The van der Waals surface area contributed by atoms with Gasteiger partial charge in [0, 0.05) is 40.2 Å². The molecule has 1 aliphatic carbocycles. The number of rotatable bonds is 8. The molecule has 0 spiro atoms. The molecule has 11 heteroatoms. The number of carbonyl (C=O) groups is 1. The molecule has 0 unspecified atom stereocenters. The van der Waals surface area contributed by atoms with E-state index < -0.39 is 35.2 Å². The van der Waals surface area contributed by atoms with Crippen LogP contribution in [0.25, 0.3) is 11.1 Å². The van der Waals surface area contributed by atoms with Crippen molar-refractivity contribution in [3.63, 3.8) is 0 Å². The number of halogens is 6. The van der Waals surface area contributed by atoms with Crippen LogP contribution in [0.3, 0.4) is 0 Å². The van der Waals surface area contributed by atoms with Gasteiger partial charge in [-0.3, -0.25) is 9.48 Å². The Labute approximate surface area is 225 Å². The monoisotopic (exact) mass is 563 g/mol. The van der Waals surface area contributed by atoms with E-state index in [9.17, 15) is 26.7 Å². The first-order valence-corrected chi connectivity index (χ1v) is 12.8. The minimum atomic E-state index is -4.62. The lowest BCUT2D eigenvalue weighted by atomic mass is 9.88. The third-order valence-electron chi connectivity index (χ3n) is 6.87. The first-order valence-electron chi connectivity index (χ1n) is 12.4. The summed E-state index contributed by atoms with van der Waals surface area (Å²) in [6.07, 6.45) is -1.34. The molecule has 0 saturated carbocycles. The molecule has 5 rings (SSSR count). The van der Waals surface area contributed by atoms with Crippen LogP contribution in [-0.4, -0.2) is 20.7 Å². The highest BCUT2D eigenvalue weighted by Gasteiger charge is 2.39. The zero-order valence-corrected chi connectivity index (χ0v) is 21.3. The van der Waals surface area contributed by atoms with Crippen molar-refractivity contribution in [2.45, 2.75) is 57.2 Å². The Kier molecular flexibility index (Phi) is 7.57. The molecule has 204 valence electrons. The van der Waals surface area contributed by atoms with E-state index >= 15 is 0 Å². The lowest BCUT2D eigenvalue weighted by Gasteiger charge is -2.17. The number of Topliss-reactive ketones (excluding diaryl/α,β-unsaturated/α-hetero) is 1. The highest BCUT2D eigenvalue weighted by molar-refractivity contribution is 6.30. The Morgan fingerprint density at radius 3 is 2.44 bits per heavy atom. The lowest BCUT2D eigenvalue weighted by Crippen LogP contribution is -2.19. The topological polar surface area (TPSA) is 60.9 Å². The van der Waals surface area contributed by atoms with Gasteiger partial charge in [-0.05, 0) is 67.5 Å². The minimum Gasteiger partial charge on any atom is -0.364 e. The van der Waals surface area contributed by atoms with Gasteiger partial charge in [-0.2, -0.15) is 18.3 Å². The van der Waals surface area contributed by atoms with Crippen molar-refractivity contribution in [2.75, 3.05) is 0 Å². The molecule has 0 saturated heterocycles. The van der Waals surface area contributed by atoms with E-state index in [4.69, 9.17) is 16.1 Å². The molecule has 0 N–H and O–H groups in total. The predicted molar refractivity (Wildman–Crippen MR) is 133 cm³/mol. The zero-order chi connectivity index (χ0) is 27.7. The summed E-state index contributed by atoms with van der Waals surface area (Å²) >= 11 is 6.01. The van der Waals surface area contributed by atoms with Crippen LogP contribution in [0.15, 0.2) is 53.3 Å². The normalized spacial score (nSPS) is 14.3. The highest BCUT2D eigenvalue weighted by Crippen LogP contribution is 2.37. The van der Waals surface area contributed by atoms with Crippen LogP contribution in [-0.2, 0) is 36.8 Å². The summed E-state index contributed by atoms with van der Waals surface area (Å²) in [5.74, 6) is -2.62. The second-order valence-corrected chi connectivity index (χ2v) is 10.1. The van der Waals surface area contributed by atoms with Crippen LogP contribution in [0.1, 0.15) is 53.4 Å². The zero-order valence-electron chi connectivity index (χ0n) is 20.6. The lowest BCUT2D eigenvalue weighted by molar-refractivity contribution is -0.142. The number of alkyl halides is 3. The molecule has 0 radical (unpaired) electrons. The van der Waals surface area contributed by atoms with E-state index in [2.05, 4.69) is 10.3 Å². The fourth-order valence-electron chi connectivity index (χ4n) is 5.20. The molecule has 1 atom stereocenters. The van der Waals surface area contributed by atoms with Crippen LogP contribution in [0.2, 0.25) is 5.02 Å². The SMILES string of the molecule is O=C(C[C@@H](Cc1cc(F)cc(F)c1)c1nocc1-c1ccc(Cl)cc1)Cn1nc(C(F)(F)F)c2c1CCCC2. The Morgan fingerprint density at radius 1 is 1.05 bits per heavy atom. The van der Waals surface area contributed by atoms with E-state index in [0.29, 0.717) is 52.4 Å². The van der Waals surface area contributed by atoms with Gasteiger partial charge in [0.2, 0.25) is 0 Å². The maximum atomic E-state index is 14.0. The fourth-order valence-corrected chi connectivity index (χ4v) is 5.33. The smallest absolute Gasteiger partial charge is 0.364 e. The van der Waals surface area contributed by atoms with Gasteiger partial charge in [0.05, 0.1) is 12.2 Å². The average molecular weight is 564 g/mol. The van der Waals surface area contributed by atoms with E-state index in [-0.39, 0.29) is 31.4 Å². The van der Waals surface area contributed by atoms with Crippen LogP contribution in [0.4, 0.5) is 22.0 Å². The second-order valence-electron chi connectivity index (χ2n) is 9.68. The molecule has 0 bridgehead atoms. The van der Waals surface area contributed by atoms with E-state index in [0.717, 1.165) is 10.7 Å². The van der Waals surface area contributed by atoms with E-state index in [1.807, 2.05) is 0 Å². The largest absolute Gasteiger partial charge is 0.435 e. The standard InChI is InChI=1S/C28H23ClF5N3O2/c29-19-7-5-17(6-8-19)24-15-39-36-26(24)18(9-16-10-20(30)13-21(31)11-16)12-22(38)14-37-25-4-2-1-3-23(25)27(35-37)28(32,33)34/h5-8,10-11,13,15,18H,1-4,9,12,14H2/t18-/m1/s1. The molecular weight excluding hydrogens is 541 g/mol. The second kappa shape index (κ2) is 10.9. The fraction of sp³-hybridized carbons (Fsp3) is 0.321. The van der Waals surface area contributed by atoms with Gasteiger partial charge in [0.25, 0.3) is 0 Å². The molecule has 2 aromatic carbocycles. The van der Waals surface area contributed by atoms with Gasteiger partial charge in [-0.1, -0.05) is 28.9 Å². The first-order chi connectivity index (χ1) is 18.6. The number of carbonyl (C=O) groups excluding carboxylic acids is 1. The maximum absolute atomic E-state index is 14.0. The summed E-state index contributed by atoms with van der Waals surface area (Å²) < 4.78 is 75.1. The van der Waals surface area contributed by atoms with Crippen LogP contribution in [0.5, 0.6) is 0 Å².